The molecule has 0 unspecified atom stereocenters. The van der Waals surface area contributed by atoms with Crippen molar-refractivity contribution < 1.29 is 19.1 Å². The fraction of sp³-hybridized carbons (Fsp3) is 0.375. The lowest BCUT2D eigenvalue weighted by Crippen LogP contribution is -2.36. The van der Waals surface area contributed by atoms with Crippen LogP contribution in [-0.4, -0.2) is 31.1 Å². The zero-order valence-corrected chi connectivity index (χ0v) is 12.6. The molecule has 0 saturated carbocycles. The Labute approximate surface area is 124 Å². The topological polar surface area (TPSA) is 64.6 Å². The molecule has 0 aliphatic carbocycles. The van der Waals surface area contributed by atoms with Gasteiger partial charge in [-0.1, -0.05) is 18.2 Å². The normalized spacial score (nSPS) is 11.4. The van der Waals surface area contributed by atoms with Crippen molar-refractivity contribution in [2.24, 2.45) is 0 Å². The van der Waals surface area contributed by atoms with Crippen LogP contribution in [0, 0.1) is 13.8 Å². The van der Waals surface area contributed by atoms with Crippen molar-refractivity contribution in [1.82, 2.24) is 5.32 Å². The van der Waals surface area contributed by atoms with Crippen LogP contribution in [0.15, 0.2) is 30.9 Å². The number of nitrogens with one attached hydrogen (secondary N) is 1. The minimum absolute atomic E-state index is 0.233. The van der Waals surface area contributed by atoms with Crippen LogP contribution in [0.25, 0.3) is 0 Å². The van der Waals surface area contributed by atoms with E-state index in [1.165, 1.54) is 6.92 Å². The second-order valence-corrected chi connectivity index (χ2v) is 4.65. The van der Waals surface area contributed by atoms with Gasteiger partial charge in [0.2, 0.25) is 0 Å². The van der Waals surface area contributed by atoms with Crippen LogP contribution in [0.5, 0.6) is 5.75 Å². The van der Waals surface area contributed by atoms with Gasteiger partial charge in [0.15, 0.2) is 12.7 Å². The van der Waals surface area contributed by atoms with Gasteiger partial charge >= 0.3 is 5.97 Å². The molecule has 0 heterocycles. The van der Waals surface area contributed by atoms with Gasteiger partial charge < -0.3 is 14.8 Å². The van der Waals surface area contributed by atoms with Gasteiger partial charge in [-0.25, -0.2) is 4.79 Å². The summed E-state index contributed by atoms with van der Waals surface area (Å²) >= 11 is 0. The van der Waals surface area contributed by atoms with E-state index in [4.69, 9.17) is 9.47 Å². The van der Waals surface area contributed by atoms with Crippen LogP contribution in [0.4, 0.5) is 0 Å². The van der Waals surface area contributed by atoms with E-state index >= 15 is 0 Å². The number of rotatable bonds is 7. The summed E-state index contributed by atoms with van der Waals surface area (Å²) < 4.78 is 10.4. The zero-order valence-electron chi connectivity index (χ0n) is 12.6. The summed E-state index contributed by atoms with van der Waals surface area (Å²) in [5, 5.41) is 2.55. The molecule has 1 N–H and O–H groups in total. The molecule has 0 aliphatic rings. The third-order valence-electron chi connectivity index (χ3n) is 3.00. The monoisotopic (exact) mass is 291 g/mol. The lowest BCUT2D eigenvalue weighted by Gasteiger charge is -2.14. The molecule has 5 heteroatoms. The maximum absolute atomic E-state index is 11.7. The maximum atomic E-state index is 11.7. The molecular weight excluding hydrogens is 270 g/mol. The Morgan fingerprint density at radius 2 is 2.10 bits per heavy atom. The SMILES string of the molecule is C=CCNC(=O)[C@H](C)OC(=O)COc1cccc(C)c1C. The number of ether oxygens (including phenoxy) is 2. The van der Waals surface area contributed by atoms with E-state index < -0.39 is 12.1 Å². The standard InChI is InChI=1S/C16H21NO4/c1-5-9-17-16(19)13(4)21-15(18)10-20-14-8-6-7-11(2)12(14)3/h5-8,13H,1,9-10H2,2-4H3,(H,17,19)/t13-/m0/s1. The van der Waals surface area contributed by atoms with Crippen molar-refractivity contribution in [1.29, 1.82) is 0 Å². The first-order chi connectivity index (χ1) is 9.95. The summed E-state index contributed by atoms with van der Waals surface area (Å²) in [6.45, 7) is 8.98. The number of hydrogen-bond acceptors (Lipinski definition) is 4. The Hall–Kier alpha value is -2.30. The van der Waals surface area contributed by atoms with Gasteiger partial charge in [0.25, 0.3) is 5.91 Å². The highest BCUT2D eigenvalue weighted by Crippen LogP contribution is 2.20. The van der Waals surface area contributed by atoms with Gasteiger partial charge in [0, 0.05) is 6.54 Å². The van der Waals surface area contributed by atoms with Crippen molar-refractivity contribution in [3.63, 3.8) is 0 Å². The molecule has 0 spiro atoms. The summed E-state index contributed by atoms with van der Waals surface area (Å²) in [7, 11) is 0. The lowest BCUT2D eigenvalue weighted by molar-refractivity contribution is -0.156. The number of carbonyl (C=O) groups is 2. The average Bonchev–Trinajstić information content (AvgIpc) is 2.46. The molecule has 1 aromatic carbocycles. The number of hydrogen-bond donors (Lipinski definition) is 1. The van der Waals surface area contributed by atoms with Gasteiger partial charge in [0.1, 0.15) is 5.75 Å². The van der Waals surface area contributed by atoms with Crippen LogP contribution < -0.4 is 10.1 Å². The second-order valence-electron chi connectivity index (χ2n) is 4.65. The Balaban J connectivity index is 2.45. The van der Waals surface area contributed by atoms with Crippen LogP contribution in [-0.2, 0) is 14.3 Å². The summed E-state index contributed by atoms with van der Waals surface area (Å²) in [6.07, 6.45) is 0.690. The van der Waals surface area contributed by atoms with E-state index in [0.717, 1.165) is 11.1 Å². The van der Waals surface area contributed by atoms with Gasteiger partial charge in [-0.3, -0.25) is 4.79 Å². The maximum Gasteiger partial charge on any atom is 0.344 e. The highest BCUT2D eigenvalue weighted by Gasteiger charge is 2.17. The van der Waals surface area contributed by atoms with Gasteiger partial charge in [-0.05, 0) is 38.0 Å². The molecule has 0 fully saturated rings. The van der Waals surface area contributed by atoms with Gasteiger partial charge in [-0.2, -0.15) is 0 Å². The minimum atomic E-state index is -0.861. The third kappa shape index (κ3) is 5.30. The quantitative estimate of drug-likeness (QED) is 0.616. The van der Waals surface area contributed by atoms with Crippen molar-refractivity contribution in [3.8, 4) is 5.75 Å². The molecule has 1 atom stereocenters. The third-order valence-corrected chi connectivity index (χ3v) is 3.00. The summed E-state index contributed by atoms with van der Waals surface area (Å²) in [5.74, 6) is -0.317. The number of amides is 1. The first-order valence-electron chi connectivity index (χ1n) is 6.72. The fourth-order valence-electron chi connectivity index (χ4n) is 1.62. The second kappa shape index (κ2) is 8.09. The van der Waals surface area contributed by atoms with Gasteiger partial charge in [0.05, 0.1) is 0 Å². The molecule has 5 nitrogen and oxygen atoms in total. The minimum Gasteiger partial charge on any atom is -0.482 e. The highest BCUT2D eigenvalue weighted by molar-refractivity contribution is 5.83. The Kier molecular flexibility index (Phi) is 6.46. The van der Waals surface area contributed by atoms with E-state index in [1.807, 2.05) is 26.0 Å². The predicted octanol–water partition coefficient (Wildman–Crippen LogP) is 1.92. The Morgan fingerprint density at radius 1 is 1.38 bits per heavy atom. The van der Waals surface area contributed by atoms with E-state index in [-0.39, 0.29) is 12.5 Å². The van der Waals surface area contributed by atoms with E-state index in [1.54, 1.807) is 12.1 Å². The molecule has 0 radical (unpaired) electrons. The van der Waals surface area contributed by atoms with Crippen LogP contribution in [0.2, 0.25) is 0 Å². The number of esters is 1. The average molecular weight is 291 g/mol. The molecule has 0 aliphatic heterocycles. The van der Waals surface area contributed by atoms with Crippen molar-refractivity contribution >= 4 is 11.9 Å². The van der Waals surface area contributed by atoms with E-state index in [9.17, 15) is 9.59 Å². The highest BCUT2D eigenvalue weighted by atomic mass is 16.6. The fourth-order valence-corrected chi connectivity index (χ4v) is 1.62. The summed E-state index contributed by atoms with van der Waals surface area (Å²) in [5.41, 5.74) is 2.06. The lowest BCUT2D eigenvalue weighted by atomic mass is 10.1. The summed E-state index contributed by atoms with van der Waals surface area (Å²) in [6, 6.07) is 5.61. The largest absolute Gasteiger partial charge is 0.482 e. The molecule has 21 heavy (non-hydrogen) atoms. The number of benzene rings is 1. The predicted molar refractivity (Wildman–Crippen MR) is 80.2 cm³/mol. The number of carbonyl (C=O) groups excluding carboxylic acids is 2. The summed E-state index contributed by atoms with van der Waals surface area (Å²) in [4.78, 5) is 23.2. The molecule has 1 amide bonds. The zero-order chi connectivity index (χ0) is 15.8. The first kappa shape index (κ1) is 16.8. The Morgan fingerprint density at radius 3 is 2.76 bits per heavy atom. The molecule has 0 bridgehead atoms. The Bertz CT molecular complexity index is 525. The van der Waals surface area contributed by atoms with Crippen molar-refractivity contribution in [2.45, 2.75) is 26.9 Å². The van der Waals surface area contributed by atoms with Gasteiger partial charge in [-0.15, -0.1) is 6.58 Å². The smallest absolute Gasteiger partial charge is 0.344 e. The molecule has 0 saturated heterocycles. The van der Waals surface area contributed by atoms with E-state index in [2.05, 4.69) is 11.9 Å². The first-order valence-corrected chi connectivity index (χ1v) is 6.72. The molecular formula is C16H21NO4. The van der Waals surface area contributed by atoms with E-state index in [0.29, 0.717) is 12.3 Å². The molecule has 1 rings (SSSR count). The van der Waals surface area contributed by atoms with Crippen LogP contribution >= 0.6 is 0 Å². The molecule has 0 aromatic heterocycles. The molecule has 1 aromatic rings. The van der Waals surface area contributed by atoms with Crippen molar-refractivity contribution in [3.05, 3.63) is 42.0 Å². The van der Waals surface area contributed by atoms with Crippen LogP contribution in [0.1, 0.15) is 18.1 Å². The van der Waals surface area contributed by atoms with Crippen LogP contribution in [0.3, 0.4) is 0 Å². The molecule has 114 valence electrons. The van der Waals surface area contributed by atoms with Crippen molar-refractivity contribution in [2.75, 3.05) is 13.2 Å². The number of aryl methyl sites for hydroxylation is 1.